The maximum atomic E-state index is 11.8. The Hall–Kier alpha value is -1.06. The van der Waals surface area contributed by atoms with Gasteiger partial charge in [-0.25, -0.2) is 0 Å². The molecule has 0 aromatic heterocycles. The number of carbonyl (C=O) groups is 2. The van der Waals surface area contributed by atoms with Crippen LogP contribution in [0.2, 0.25) is 0 Å². The van der Waals surface area contributed by atoms with Crippen molar-refractivity contribution in [1.82, 2.24) is 0 Å². The molecule has 0 bridgehead atoms. The minimum atomic E-state index is -0.317. The van der Waals surface area contributed by atoms with Crippen LogP contribution in [0.25, 0.3) is 0 Å². The van der Waals surface area contributed by atoms with Crippen LogP contribution in [0.4, 0.5) is 0 Å². The Balaban J connectivity index is 4.01. The van der Waals surface area contributed by atoms with Gasteiger partial charge in [0.15, 0.2) is 0 Å². The molecule has 0 saturated carbocycles. The van der Waals surface area contributed by atoms with Crippen LogP contribution in [-0.4, -0.2) is 24.1 Å². The predicted molar refractivity (Wildman–Crippen MR) is 88.5 cm³/mol. The van der Waals surface area contributed by atoms with E-state index in [1.54, 1.807) is 0 Å². The zero-order chi connectivity index (χ0) is 17.1. The molecule has 0 aliphatic carbocycles. The van der Waals surface area contributed by atoms with E-state index in [1.807, 2.05) is 34.6 Å². The lowest BCUT2D eigenvalue weighted by Gasteiger charge is -2.24. The summed E-state index contributed by atoms with van der Waals surface area (Å²) in [5.74, 6) is -0.0847. The first kappa shape index (κ1) is 20.9. The lowest BCUT2D eigenvalue weighted by Crippen LogP contribution is -2.29. The first-order valence-electron chi connectivity index (χ1n) is 8.66. The number of ether oxygens (including phenoxy) is 2. The highest BCUT2D eigenvalue weighted by Gasteiger charge is 2.22. The number of carbonyl (C=O) groups excluding carboxylic acids is 2. The molecule has 22 heavy (non-hydrogen) atoms. The van der Waals surface area contributed by atoms with Crippen molar-refractivity contribution in [2.24, 2.45) is 11.8 Å². The summed E-state index contributed by atoms with van der Waals surface area (Å²) in [6.45, 7) is 12.2. The Labute approximate surface area is 135 Å². The van der Waals surface area contributed by atoms with Crippen LogP contribution in [0.5, 0.6) is 0 Å². The highest BCUT2D eigenvalue weighted by molar-refractivity contribution is 5.77. The SMILES string of the molecule is CCCCCC(C)OC(=O)CCC(=O)OC(C(C)C)C(C)C. The maximum Gasteiger partial charge on any atom is 0.306 e. The van der Waals surface area contributed by atoms with Gasteiger partial charge in [0.05, 0.1) is 18.9 Å². The van der Waals surface area contributed by atoms with Gasteiger partial charge >= 0.3 is 11.9 Å². The molecule has 130 valence electrons. The van der Waals surface area contributed by atoms with E-state index in [9.17, 15) is 9.59 Å². The fourth-order valence-corrected chi connectivity index (χ4v) is 2.48. The minimum Gasteiger partial charge on any atom is -0.463 e. The molecule has 0 N–H and O–H groups in total. The average Bonchev–Trinajstić information content (AvgIpc) is 2.42. The van der Waals surface area contributed by atoms with Crippen LogP contribution in [0, 0.1) is 11.8 Å². The molecule has 0 saturated heterocycles. The summed E-state index contributed by atoms with van der Waals surface area (Å²) in [6, 6.07) is 0. The van der Waals surface area contributed by atoms with E-state index in [4.69, 9.17) is 9.47 Å². The fourth-order valence-electron chi connectivity index (χ4n) is 2.48. The van der Waals surface area contributed by atoms with Crippen molar-refractivity contribution in [1.29, 1.82) is 0 Å². The van der Waals surface area contributed by atoms with Crippen molar-refractivity contribution in [3.63, 3.8) is 0 Å². The second-order valence-electron chi connectivity index (χ2n) is 6.74. The second-order valence-corrected chi connectivity index (χ2v) is 6.74. The zero-order valence-electron chi connectivity index (χ0n) is 15.2. The van der Waals surface area contributed by atoms with Gasteiger partial charge in [0.25, 0.3) is 0 Å². The van der Waals surface area contributed by atoms with Gasteiger partial charge < -0.3 is 9.47 Å². The van der Waals surface area contributed by atoms with Crippen molar-refractivity contribution in [2.75, 3.05) is 0 Å². The first-order valence-corrected chi connectivity index (χ1v) is 8.66. The Morgan fingerprint density at radius 3 is 1.77 bits per heavy atom. The number of esters is 2. The zero-order valence-corrected chi connectivity index (χ0v) is 15.2. The molecule has 4 nitrogen and oxygen atoms in total. The minimum absolute atomic E-state index is 0.0749. The Bertz CT molecular complexity index is 315. The van der Waals surface area contributed by atoms with Crippen LogP contribution < -0.4 is 0 Å². The molecule has 4 heteroatoms. The predicted octanol–water partition coefficient (Wildman–Crippen LogP) is 4.50. The van der Waals surface area contributed by atoms with E-state index in [1.165, 1.54) is 0 Å². The lowest BCUT2D eigenvalue weighted by molar-refractivity contribution is -0.158. The first-order chi connectivity index (χ1) is 10.3. The van der Waals surface area contributed by atoms with Crippen molar-refractivity contribution in [3.05, 3.63) is 0 Å². The molecular weight excluding hydrogens is 280 g/mol. The molecule has 0 radical (unpaired) electrons. The normalized spacial score (nSPS) is 12.8. The third-order valence-corrected chi connectivity index (χ3v) is 3.66. The fraction of sp³-hybridized carbons (Fsp3) is 0.889. The Kier molecular flexibility index (Phi) is 10.9. The molecule has 0 aromatic carbocycles. The molecule has 1 unspecified atom stereocenters. The smallest absolute Gasteiger partial charge is 0.306 e. The molecular formula is C18H34O4. The lowest BCUT2D eigenvalue weighted by atomic mass is 9.96. The second kappa shape index (κ2) is 11.5. The van der Waals surface area contributed by atoms with E-state index >= 15 is 0 Å². The van der Waals surface area contributed by atoms with Crippen molar-refractivity contribution in [2.45, 2.75) is 92.3 Å². The molecule has 0 fully saturated rings. The summed E-state index contributed by atoms with van der Waals surface area (Å²) in [5, 5.41) is 0. The number of unbranched alkanes of at least 4 members (excludes halogenated alkanes) is 2. The maximum absolute atomic E-state index is 11.8. The van der Waals surface area contributed by atoms with E-state index in [2.05, 4.69) is 6.92 Å². The van der Waals surface area contributed by atoms with Crippen LogP contribution in [0.15, 0.2) is 0 Å². The van der Waals surface area contributed by atoms with Gasteiger partial charge in [-0.15, -0.1) is 0 Å². The summed E-state index contributed by atoms with van der Waals surface area (Å²) in [5.41, 5.74) is 0. The summed E-state index contributed by atoms with van der Waals surface area (Å²) >= 11 is 0. The van der Waals surface area contributed by atoms with Gasteiger partial charge in [-0.2, -0.15) is 0 Å². The van der Waals surface area contributed by atoms with Crippen LogP contribution in [0.3, 0.4) is 0 Å². The molecule has 0 rings (SSSR count). The average molecular weight is 314 g/mol. The quantitative estimate of drug-likeness (QED) is 0.416. The number of hydrogen-bond acceptors (Lipinski definition) is 4. The van der Waals surface area contributed by atoms with E-state index in [-0.39, 0.29) is 48.8 Å². The molecule has 1 atom stereocenters. The topological polar surface area (TPSA) is 52.6 Å². The van der Waals surface area contributed by atoms with E-state index in [0.717, 1.165) is 25.7 Å². The molecule has 0 amide bonds. The molecule has 0 heterocycles. The largest absolute Gasteiger partial charge is 0.463 e. The summed E-state index contributed by atoms with van der Waals surface area (Å²) in [6.07, 6.45) is 4.27. The van der Waals surface area contributed by atoms with Gasteiger partial charge in [-0.1, -0.05) is 47.5 Å². The van der Waals surface area contributed by atoms with Crippen molar-refractivity contribution in [3.8, 4) is 0 Å². The molecule has 0 aliphatic rings. The van der Waals surface area contributed by atoms with Gasteiger partial charge in [-0.05, 0) is 31.6 Å². The third kappa shape index (κ3) is 9.80. The highest BCUT2D eigenvalue weighted by Crippen LogP contribution is 2.17. The number of rotatable bonds is 11. The van der Waals surface area contributed by atoms with Gasteiger partial charge in [0.2, 0.25) is 0 Å². The van der Waals surface area contributed by atoms with E-state index in [0.29, 0.717) is 0 Å². The van der Waals surface area contributed by atoms with Crippen LogP contribution >= 0.6 is 0 Å². The molecule has 0 spiro atoms. The molecule has 0 aliphatic heterocycles. The van der Waals surface area contributed by atoms with Crippen molar-refractivity contribution >= 4 is 11.9 Å². The number of hydrogen-bond donors (Lipinski definition) is 0. The summed E-state index contributed by atoms with van der Waals surface area (Å²) < 4.78 is 10.8. The van der Waals surface area contributed by atoms with Gasteiger partial charge in [0, 0.05) is 0 Å². The van der Waals surface area contributed by atoms with E-state index < -0.39 is 0 Å². The Morgan fingerprint density at radius 1 is 0.818 bits per heavy atom. The monoisotopic (exact) mass is 314 g/mol. The Morgan fingerprint density at radius 2 is 1.32 bits per heavy atom. The van der Waals surface area contributed by atoms with Gasteiger partial charge in [0.1, 0.15) is 6.10 Å². The third-order valence-electron chi connectivity index (χ3n) is 3.66. The molecule has 0 aromatic rings. The summed E-state index contributed by atoms with van der Waals surface area (Å²) in [7, 11) is 0. The van der Waals surface area contributed by atoms with Gasteiger partial charge in [-0.3, -0.25) is 9.59 Å². The van der Waals surface area contributed by atoms with Crippen LogP contribution in [0.1, 0.15) is 80.1 Å². The van der Waals surface area contributed by atoms with Crippen molar-refractivity contribution < 1.29 is 19.1 Å². The summed E-state index contributed by atoms with van der Waals surface area (Å²) in [4.78, 5) is 23.5. The standard InChI is InChI=1S/C18H34O4/c1-7-8-9-10-15(6)21-16(19)11-12-17(20)22-18(13(2)3)14(4)5/h13-15,18H,7-12H2,1-6H3. The van der Waals surface area contributed by atoms with Crippen LogP contribution in [-0.2, 0) is 19.1 Å². The highest BCUT2D eigenvalue weighted by atomic mass is 16.6.